The van der Waals surface area contributed by atoms with E-state index in [4.69, 9.17) is 5.73 Å². The third-order valence-electron chi connectivity index (χ3n) is 3.51. The molecule has 1 rings (SSSR count). The number of nitrogens with two attached hydrogens (primary N) is 1. The molecule has 1 fully saturated rings. The maximum absolute atomic E-state index is 5.75. The number of hydrogen-bond acceptors (Lipinski definition) is 2. The molecule has 0 aromatic carbocycles. The molecule has 0 atom stereocenters. The zero-order chi connectivity index (χ0) is 10.1. The first-order valence-corrected chi connectivity index (χ1v) is 5.31. The molecule has 2 nitrogen and oxygen atoms in total. The molecule has 0 aromatic heterocycles. The maximum atomic E-state index is 5.75. The molecule has 1 aliphatic carbocycles. The summed E-state index contributed by atoms with van der Waals surface area (Å²) in [5, 5.41) is 0. The summed E-state index contributed by atoms with van der Waals surface area (Å²) in [6, 6.07) is 0. The fourth-order valence-electron chi connectivity index (χ4n) is 1.47. The Labute approximate surface area is 82.5 Å². The van der Waals surface area contributed by atoms with E-state index in [0.717, 1.165) is 6.54 Å². The van der Waals surface area contributed by atoms with Gasteiger partial charge in [0.1, 0.15) is 0 Å². The standard InChI is InChI=1S/C11H24N2/c1-10(2,3)13(4)8-7-11(9-12)5-6-11/h5-9,12H2,1-4H3. The van der Waals surface area contributed by atoms with Crippen molar-refractivity contribution >= 4 is 0 Å². The summed E-state index contributed by atoms with van der Waals surface area (Å²) in [6.45, 7) is 8.84. The van der Waals surface area contributed by atoms with Crippen LogP contribution in [0.4, 0.5) is 0 Å². The van der Waals surface area contributed by atoms with Gasteiger partial charge >= 0.3 is 0 Å². The minimum atomic E-state index is 0.296. The fourth-order valence-corrected chi connectivity index (χ4v) is 1.47. The highest BCUT2D eigenvalue weighted by Gasteiger charge is 2.40. The molecule has 1 aliphatic rings. The van der Waals surface area contributed by atoms with Crippen LogP contribution < -0.4 is 5.73 Å². The van der Waals surface area contributed by atoms with Crippen LogP contribution in [0.5, 0.6) is 0 Å². The lowest BCUT2D eigenvalue weighted by Crippen LogP contribution is -2.39. The van der Waals surface area contributed by atoms with Crippen LogP contribution in [0.15, 0.2) is 0 Å². The van der Waals surface area contributed by atoms with Gasteiger partial charge in [-0.05, 0) is 65.6 Å². The molecule has 0 amide bonds. The van der Waals surface area contributed by atoms with Crippen molar-refractivity contribution < 1.29 is 0 Å². The lowest BCUT2D eigenvalue weighted by atomic mass is 10.0. The van der Waals surface area contributed by atoms with E-state index in [1.54, 1.807) is 0 Å². The lowest BCUT2D eigenvalue weighted by Gasteiger charge is -2.33. The highest BCUT2D eigenvalue weighted by molar-refractivity contribution is 4.94. The third-order valence-corrected chi connectivity index (χ3v) is 3.51. The van der Waals surface area contributed by atoms with Gasteiger partial charge in [0, 0.05) is 5.54 Å². The summed E-state index contributed by atoms with van der Waals surface area (Å²) in [5.41, 5.74) is 6.57. The highest BCUT2D eigenvalue weighted by Crippen LogP contribution is 2.47. The smallest absolute Gasteiger partial charge is 0.0122 e. The van der Waals surface area contributed by atoms with Gasteiger partial charge in [-0.15, -0.1) is 0 Å². The van der Waals surface area contributed by atoms with Crippen molar-refractivity contribution in [2.75, 3.05) is 20.1 Å². The van der Waals surface area contributed by atoms with Gasteiger partial charge < -0.3 is 10.6 Å². The first-order chi connectivity index (χ1) is 5.90. The fraction of sp³-hybridized carbons (Fsp3) is 1.00. The van der Waals surface area contributed by atoms with E-state index in [2.05, 4.69) is 32.7 Å². The Hall–Kier alpha value is -0.0800. The van der Waals surface area contributed by atoms with Gasteiger partial charge in [0.25, 0.3) is 0 Å². The van der Waals surface area contributed by atoms with Crippen molar-refractivity contribution in [2.24, 2.45) is 11.1 Å². The van der Waals surface area contributed by atoms with Gasteiger partial charge in [-0.2, -0.15) is 0 Å². The predicted octanol–water partition coefficient (Wildman–Crippen LogP) is 1.85. The quantitative estimate of drug-likeness (QED) is 0.722. The van der Waals surface area contributed by atoms with Crippen molar-refractivity contribution in [3.63, 3.8) is 0 Å². The molecule has 0 heterocycles. The van der Waals surface area contributed by atoms with Crippen molar-refractivity contribution in [2.45, 2.75) is 45.6 Å². The molecule has 13 heavy (non-hydrogen) atoms. The molecule has 78 valence electrons. The predicted molar refractivity (Wildman–Crippen MR) is 57.7 cm³/mol. The lowest BCUT2D eigenvalue weighted by molar-refractivity contribution is 0.162. The van der Waals surface area contributed by atoms with Crippen molar-refractivity contribution in [3.8, 4) is 0 Å². The normalized spacial score (nSPS) is 20.8. The van der Waals surface area contributed by atoms with Crippen LogP contribution in [0.1, 0.15) is 40.0 Å². The van der Waals surface area contributed by atoms with E-state index in [1.165, 1.54) is 25.8 Å². The Morgan fingerprint density at radius 2 is 1.85 bits per heavy atom. The van der Waals surface area contributed by atoms with E-state index in [-0.39, 0.29) is 0 Å². The first-order valence-electron chi connectivity index (χ1n) is 5.31. The highest BCUT2D eigenvalue weighted by atomic mass is 15.2. The van der Waals surface area contributed by atoms with Crippen LogP contribution in [0.2, 0.25) is 0 Å². The minimum Gasteiger partial charge on any atom is -0.330 e. The largest absolute Gasteiger partial charge is 0.330 e. The molecule has 0 saturated heterocycles. The molecule has 0 unspecified atom stereocenters. The summed E-state index contributed by atoms with van der Waals surface area (Å²) in [4.78, 5) is 2.42. The first kappa shape index (κ1) is 11.0. The molecule has 1 saturated carbocycles. The van der Waals surface area contributed by atoms with Crippen LogP contribution in [-0.4, -0.2) is 30.6 Å². The second kappa shape index (κ2) is 3.58. The Bertz CT molecular complexity index is 165. The SMILES string of the molecule is CN(CCC1(CN)CC1)C(C)(C)C. The van der Waals surface area contributed by atoms with E-state index in [1.807, 2.05) is 0 Å². The van der Waals surface area contributed by atoms with Gasteiger partial charge in [-0.25, -0.2) is 0 Å². The van der Waals surface area contributed by atoms with Crippen LogP contribution in [0.3, 0.4) is 0 Å². The van der Waals surface area contributed by atoms with Crippen molar-refractivity contribution in [3.05, 3.63) is 0 Å². The maximum Gasteiger partial charge on any atom is 0.0122 e. The molecule has 0 spiro atoms. The molecule has 2 heteroatoms. The van der Waals surface area contributed by atoms with Crippen LogP contribution in [0.25, 0.3) is 0 Å². The third kappa shape index (κ3) is 2.96. The summed E-state index contributed by atoms with van der Waals surface area (Å²) in [6.07, 6.45) is 3.97. The Balaban J connectivity index is 2.26. The second-order valence-corrected chi connectivity index (χ2v) is 5.55. The van der Waals surface area contributed by atoms with E-state index >= 15 is 0 Å². The van der Waals surface area contributed by atoms with E-state index < -0.39 is 0 Å². The zero-order valence-electron chi connectivity index (χ0n) is 9.56. The van der Waals surface area contributed by atoms with Gasteiger partial charge in [-0.1, -0.05) is 0 Å². The van der Waals surface area contributed by atoms with Crippen molar-refractivity contribution in [1.29, 1.82) is 0 Å². The van der Waals surface area contributed by atoms with E-state index in [0.29, 0.717) is 11.0 Å². The Morgan fingerprint density at radius 1 is 1.31 bits per heavy atom. The van der Waals surface area contributed by atoms with Crippen LogP contribution >= 0.6 is 0 Å². The minimum absolute atomic E-state index is 0.296. The monoisotopic (exact) mass is 184 g/mol. The van der Waals surface area contributed by atoms with Crippen LogP contribution in [-0.2, 0) is 0 Å². The molecular weight excluding hydrogens is 160 g/mol. The topological polar surface area (TPSA) is 29.3 Å². The summed E-state index contributed by atoms with van der Waals surface area (Å²) < 4.78 is 0. The zero-order valence-corrected chi connectivity index (χ0v) is 9.56. The number of nitrogens with zero attached hydrogens (tertiary/aromatic N) is 1. The second-order valence-electron chi connectivity index (χ2n) is 5.55. The van der Waals surface area contributed by atoms with Gasteiger partial charge in [-0.3, -0.25) is 0 Å². The molecule has 0 bridgehead atoms. The Kier molecular flexibility index (Phi) is 3.03. The molecule has 2 N–H and O–H groups in total. The molecule has 0 aliphatic heterocycles. The number of hydrogen-bond donors (Lipinski definition) is 1. The van der Waals surface area contributed by atoms with Crippen molar-refractivity contribution in [1.82, 2.24) is 4.90 Å². The van der Waals surface area contributed by atoms with Crippen LogP contribution in [0, 0.1) is 5.41 Å². The molecule has 0 aromatic rings. The summed E-state index contributed by atoms with van der Waals surface area (Å²) >= 11 is 0. The number of rotatable bonds is 4. The van der Waals surface area contributed by atoms with Gasteiger partial charge in [0.2, 0.25) is 0 Å². The van der Waals surface area contributed by atoms with Gasteiger partial charge in [0.15, 0.2) is 0 Å². The van der Waals surface area contributed by atoms with E-state index in [9.17, 15) is 0 Å². The summed E-state index contributed by atoms with van der Waals surface area (Å²) in [5.74, 6) is 0. The molecule has 0 radical (unpaired) electrons. The average molecular weight is 184 g/mol. The van der Waals surface area contributed by atoms with Gasteiger partial charge in [0.05, 0.1) is 0 Å². The average Bonchev–Trinajstić information content (AvgIpc) is 2.79. The Morgan fingerprint density at radius 3 is 2.15 bits per heavy atom. The summed E-state index contributed by atoms with van der Waals surface area (Å²) in [7, 11) is 2.20. The molecular formula is C11H24N2.